The van der Waals surface area contributed by atoms with E-state index in [9.17, 15) is 13.2 Å². The molecule has 6 heteroatoms. The van der Waals surface area contributed by atoms with Gasteiger partial charge in [-0.05, 0) is 37.6 Å². The summed E-state index contributed by atoms with van der Waals surface area (Å²) in [6.07, 6.45) is 1.25. The van der Waals surface area contributed by atoms with Crippen molar-refractivity contribution in [2.45, 2.75) is 37.6 Å². The van der Waals surface area contributed by atoms with Crippen LogP contribution in [0.2, 0.25) is 0 Å². The van der Waals surface area contributed by atoms with E-state index >= 15 is 0 Å². The summed E-state index contributed by atoms with van der Waals surface area (Å²) in [4.78, 5) is 16.8. The highest BCUT2D eigenvalue weighted by Crippen LogP contribution is 2.33. The minimum atomic E-state index is -3.16. The topological polar surface area (TPSA) is 57.7 Å². The van der Waals surface area contributed by atoms with E-state index in [4.69, 9.17) is 0 Å². The third-order valence-electron chi connectivity index (χ3n) is 6.18. The maximum atomic E-state index is 13.1. The molecule has 2 aromatic rings. The molecule has 1 aliphatic rings. The van der Waals surface area contributed by atoms with E-state index in [-0.39, 0.29) is 24.4 Å². The smallest absolute Gasteiger partial charge is 0.237 e. The number of hydrogen-bond donors (Lipinski definition) is 0. The standard InChI is InChI=1S/C23H30N2O3S/c1-17(18(2)29(4,27)28)24(3)16-23(26)25-14-20-12-8-9-13-21(20)22(15-25)19-10-6-5-7-11-19/h5-13,17-18,22H,14-16H2,1-4H3. The number of likely N-dealkylation sites (N-methyl/N-ethyl adjacent to an activating group) is 1. The second-order valence-corrected chi connectivity index (χ2v) is 10.5. The van der Waals surface area contributed by atoms with Crippen LogP contribution < -0.4 is 0 Å². The van der Waals surface area contributed by atoms with Crippen molar-refractivity contribution in [1.29, 1.82) is 0 Å². The zero-order chi connectivity index (χ0) is 21.2. The molecule has 1 heterocycles. The van der Waals surface area contributed by atoms with E-state index in [2.05, 4.69) is 24.3 Å². The number of nitrogens with zero attached hydrogens (tertiary/aromatic N) is 2. The van der Waals surface area contributed by atoms with Crippen LogP contribution in [-0.2, 0) is 21.2 Å². The molecule has 0 aliphatic carbocycles. The molecule has 1 amide bonds. The number of benzene rings is 2. The van der Waals surface area contributed by atoms with Crippen molar-refractivity contribution >= 4 is 15.7 Å². The van der Waals surface area contributed by atoms with Crippen LogP contribution in [0.15, 0.2) is 54.6 Å². The minimum absolute atomic E-state index is 0.0236. The van der Waals surface area contributed by atoms with Crippen molar-refractivity contribution in [2.24, 2.45) is 0 Å². The third-order valence-corrected chi connectivity index (χ3v) is 7.93. The number of rotatable bonds is 6. The lowest BCUT2D eigenvalue weighted by molar-refractivity contribution is -0.133. The van der Waals surface area contributed by atoms with E-state index in [1.54, 1.807) is 6.92 Å². The van der Waals surface area contributed by atoms with Crippen molar-refractivity contribution in [3.8, 4) is 0 Å². The monoisotopic (exact) mass is 414 g/mol. The molecule has 156 valence electrons. The largest absolute Gasteiger partial charge is 0.336 e. The molecule has 0 saturated carbocycles. The molecule has 0 saturated heterocycles. The molecular formula is C23H30N2O3S. The van der Waals surface area contributed by atoms with Gasteiger partial charge >= 0.3 is 0 Å². The molecule has 5 nitrogen and oxygen atoms in total. The predicted octanol–water partition coefficient (Wildman–Crippen LogP) is 2.91. The first-order valence-corrected chi connectivity index (χ1v) is 11.9. The number of carbonyl (C=O) groups excluding carboxylic acids is 1. The van der Waals surface area contributed by atoms with Gasteiger partial charge in [0.05, 0.1) is 11.8 Å². The number of sulfone groups is 1. The summed E-state index contributed by atoms with van der Waals surface area (Å²) in [5.41, 5.74) is 3.64. The van der Waals surface area contributed by atoms with Crippen LogP contribution in [0.3, 0.4) is 0 Å². The van der Waals surface area contributed by atoms with Crippen molar-refractivity contribution in [3.05, 3.63) is 71.3 Å². The number of fused-ring (bicyclic) bond motifs is 1. The fraction of sp³-hybridized carbons (Fsp3) is 0.435. The van der Waals surface area contributed by atoms with Gasteiger partial charge in [0.2, 0.25) is 5.91 Å². The van der Waals surface area contributed by atoms with Crippen molar-refractivity contribution < 1.29 is 13.2 Å². The van der Waals surface area contributed by atoms with Gasteiger partial charge in [0.1, 0.15) is 0 Å². The summed E-state index contributed by atoms with van der Waals surface area (Å²) in [6, 6.07) is 18.3. The maximum absolute atomic E-state index is 13.1. The van der Waals surface area contributed by atoms with Gasteiger partial charge in [-0.25, -0.2) is 8.42 Å². The summed E-state index contributed by atoms with van der Waals surface area (Å²) in [6.45, 7) is 4.97. The second-order valence-electron chi connectivity index (χ2n) is 8.13. The van der Waals surface area contributed by atoms with E-state index in [0.29, 0.717) is 13.1 Å². The Kier molecular flexibility index (Phi) is 6.44. The molecule has 1 aliphatic heterocycles. The predicted molar refractivity (Wildman–Crippen MR) is 117 cm³/mol. The Morgan fingerprint density at radius 1 is 1.10 bits per heavy atom. The molecule has 0 aromatic heterocycles. The van der Waals surface area contributed by atoms with Crippen molar-refractivity contribution in [2.75, 3.05) is 26.4 Å². The average molecular weight is 415 g/mol. The number of carbonyl (C=O) groups is 1. The maximum Gasteiger partial charge on any atom is 0.237 e. The van der Waals surface area contributed by atoms with Crippen molar-refractivity contribution in [3.63, 3.8) is 0 Å². The Morgan fingerprint density at radius 2 is 1.72 bits per heavy atom. The van der Waals surface area contributed by atoms with Gasteiger partial charge in [-0.3, -0.25) is 9.69 Å². The fourth-order valence-electron chi connectivity index (χ4n) is 3.94. The molecule has 3 rings (SSSR count). The van der Waals surface area contributed by atoms with Gasteiger partial charge in [-0.15, -0.1) is 0 Å². The first kappa shape index (κ1) is 21.5. The van der Waals surface area contributed by atoms with Crippen LogP contribution in [0.1, 0.15) is 36.5 Å². The molecule has 3 atom stereocenters. The molecule has 0 fully saturated rings. The Hall–Kier alpha value is -2.18. The van der Waals surface area contributed by atoms with Crippen LogP contribution in [0.4, 0.5) is 0 Å². The number of amides is 1. The van der Waals surface area contributed by atoms with Gasteiger partial charge in [0.15, 0.2) is 9.84 Å². The summed E-state index contributed by atoms with van der Waals surface area (Å²) >= 11 is 0. The molecular weight excluding hydrogens is 384 g/mol. The van der Waals surface area contributed by atoms with E-state index in [1.807, 2.05) is 54.1 Å². The van der Waals surface area contributed by atoms with Gasteiger partial charge in [-0.1, -0.05) is 54.6 Å². The van der Waals surface area contributed by atoms with E-state index < -0.39 is 15.1 Å². The average Bonchev–Trinajstić information content (AvgIpc) is 2.71. The lowest BCUT2D eigenvalue weighted by Gasteiger charge is -2.37. The Bertz CT molecular complexity index is 959. The lowest BCUT2D eigenvalue weighted by atomic mass is 9.84. The van der Waals surface area contributed by atoms with Gasteiger partial charge < -0.3 is 4.90 Å². The zero-order valence-corrected chi connectivity index (χ0v) is 18.4. The van der Waals surface area contributed by atoms with Crippen LogP contribution in [0, 0.1) is 0 Å². The first-order valence-electron chi connectivity index (χ1n) is 9.98. The van der Waals surface area contributed by atoms with Crippen LogP contribution >= 0.6 is 0 Å². The molecule has 0 N–H and O–H groups in total. The van der Waals surface area contributed by atoms with Crippen LogP contribution in [-0.4, -0.2) is 61.8 Å². The molecule has 29 heavy (non-hydrogen) atoms. The fourth-order valence-corrected chi connectivity index (χ4v) is 4.86. The van der Waals surface area contributed by atoms with Gasteiger partial charge in [0, 0.05) is 31.3 Å². The highest BCUT2D eigenvalue weighted by molar-refractivity contribution is 7.91. The van der Waals surface area contributed by atoms with E-state index in [0.717, 1.165) is 0 Å². The Labute approximate surface area is 174 Å². The van der Waals surface area contributed by atoms with Crippen molar-refractivity contribution in [1.82, 2.24) is 9.80 Å². The Balaban J connectivity index is 1.78. The number of hydrogen-bond acceptors (Lipinski definition) is 4. The summed E-state index contributed by atoms with van der Waals surface area (Å²) in [5.74, 6) is 0.165. The highest BCUT2D eigenvalue weighted by atomic mass is 32.2. The van der Waals surface area contributed by atoms with Crippen LogP contribution in [0.5, 0.6) is 0 Å². The molecule has 2 aromatic carbocycles. The normalized spacial score (nSPS) is 18.9. The molecule has 3 unspecified atom stereocenters. The van der Waals surface area contributed by atoms with E-state index in [1.165, 1.54) is 22.9 Å². The molecule has 0 radical (unpaired) electrons. The lowest BCUT2D eigenvalue weighted by Crippen LogP contribution is -2.48. The zero-order valence-electron chi connectivity index (χ0n) is 17.6. The molecule has 0 bridgehead atoms. The summed E-state index contributed by atoms with van der Waals surface area (Å²) in [5, 5.41) is -0.528. The summed E-state index contributed by atoms with van der Waals surface area (Å²) < 4.78 is 23.8. The van der Waals surface area contributed by atoms with Gasteiger partial charge in [-0.2, -0.15) is 0 Å². The first-order chi connectivity index (χ1) is 13.7. The second kappa shape index (κ2) is 8.67. The Morgan fingerprint density at radius 3 is 2.38 bits per heavy atom. The summed E-state index contributed by atoms with van der Waals surface area (Å²) in [7, 11) is -1.34. The highest BCUT2D eigenvalue weighted by Gasteiger charge is 2.31. The minimum Gasteiger partial charge on any atom is -0.336 e. The SMILES string of the molecule is CC(C(C)S(C)(=O)=O)N(C)CC(=O)N1Cc2ccccc2C(c2ccccc2)C1. The third kappa shape index (κ3) is 4.87. The molecule has 0 spiro atoms. The quantitative estimate of drug-likeness (QED) is 0.729. The van der Waals surface area contributed by atoms with Crippen LogP contribution in [0.25, 0.3) is 0 Å². The van der Waals surface area contributed by atoms with Gasteiger partial charge in [0.25, 0.3) is 0 Å².